The Morgan fingerprint density at radius 3 is 2.79 bits per heavy atom. The molecule has 2 N–H and O–H groups in total. The first-order valence-electron chi connectivity index (χ1n) is 6.14. The minimum atomic E-state index is -0.792. The first-order valence-corrected chi connectivity index (χ1v) is 6.14. The molecule has 1 aromatic rings. The van der Waals surface area contributed by atoms with Gasteiger partial charge in [0.15, 0.2) is 0 Å². The van der Waals surface area contributed by atoms with Gasteiger partial charge in [-0.15, -0.1) is 0 Å². The number of carbonyl (C=O) groups is 1. The highest BCUT2D eigenvalue weighted by molar-refractivity contribution is 5.74. The molecule has 1 aromatic heterocycles. The van der Waals surface area contributed by atoms with Crippen LogP contribution in [-0.2, 0) is 4.79 Å². The summed E-state index contributed by atoms with van der Waals surface area (Å²) in [6, 6.07) is 1.90. The molecule has 0 aliphatic rings. The monoisotopic (exact) mass is 267 g/mol. The molecule has 19 heavy (non-hydrogen) atoms. The molecule has 0 saturated carbocycles. The summed E-state index contributed by atoms with van der Waals surface area (Å²) in [5.74, 6) is -0.284. The Balaban J connectivity index is 2.88. The van der Waals surface area contributed by atoms with Crippen LogP contribution in [0.5, 0.6) is 5.88 Å². The number of nitrogens with zero attached hydrogens (tertiary/aromatic N) is 2. The normalized spacial score (nSPS) is 11.8. The van der Waals surface area contributed by atoms with Crippen LogP contribution in [0.15, 0.2) is 12.3 Å². The number of hydrogen-bond donors (Lipinski definition) is 2. The van der Waals surface area contributed by atoms with Gasteiger partial charge in [0, 0.05) is 32.8 Å². The quantitative estimate of drug-likeness (QED) is 0.785. The van der Waals surface area contributed by atoms with Crippen molar-refractivity contribution in [1.29, 1.82) is 0 Å². The number of nitrogens with one attached hydrogen (secondary N) is 1. The van der Waals surface area contributed by atoms with Crippen LogP contribution >= 0.6 is 0 Å². The zero-order valence-corrected chi connectivity index (χ0v) is 11.8. The molecular formula is C13H21N3O3. The van der Waals surface area contributed by atoms with Gasteiger partial charge in [-0.25, -0.2) is 4.98 Å². The number of ether oxygens (including phenoxy) is 1. The minimum absolute atomic E-state index is 0.0212. The second kappa shape index (κ2) is 6.82. The molecule has 0 amide bonds. The van der Waals surface area contributed by atoms with Crippen molar-refractivity contribution in [2.24, 2.45) is 0 Å². The largest absolute Gasteiger partial charge is 0.481 e. The van der Waals surface area contributed by atoms with E-state index in [1.165, 1.54) is 0 Å². The number of carboxylic acids is 1. The van der Waals surface area contributed by atoms with Gasteiger partial charge in [-0.05, 0) is 19.4 Å². The standard InChI is InChI=1S/C13H21N3O3/c1-9(5-6-11(17)18)15-12-10(16(2)3)7-8-14-13(12)19-4/h7-9,15H,5-6H2,1-4H3,(H,17,18). The first-order chi connectivity index (χ1) is 8.95. The first kappa shape index (κ1) is 15.1. The van der Waals surface area contributed by atoms with Gasteiger partial charge in [0.2, 0.25) is 5.88 Å². The summed E-state index contributed by atoms with van der Waals surface area (Å²) in [5, 5.41) is 12.0. The van der Waals surface area contributed by atoms with Gasteiger partial charge >= 0.3 is 5.97 Å². The lowest BCUT2D eigenvalue weighted by molar-refractivity contribution is -0.137. The van der Waals surface area contributed by atoms with Crippen LogP contribution in [0.25, 0.3) is 0 Å². The van der Waals surface area contributed by atoms with Gasteiger partial charge in [0.1, 0.15) is 5.69 Å². The Bertz CT molecular complexity index is 435. The summed E-state index contributed by atoms with van der Waals surface area (Å²) in [6.07, 6.45) is 2.36. The average molecular weight is 267 g/mol. The average Bonchev–Trinajstić information content (AvgIpc) is 2.36. The number of carboxylic acid groups (broad SMARTS) is 1. The van der Waals surface area contributed by atoms with E-state index in [4.69, 9.17) is 9.84 Å². The summed E-state index contributed by atoms with van der Waals surface area (Å²) in [4.78, 5) is 16.7. The second-order valence-corrected chi connectivity index (χ2v) is 4.59. The molecule has 0 bridgehead atoms. The van der Waals surface area contributed by atoms with Crippen molar-refractivity contribution in [2.75, 3.05) is 31.4 Å². The fraction of sp³-hybridized carbons (Fsp3) is 0.538. The number of anilines is 2. The van der Waals surface area contributed by atoms with Crippen LogP contribution in [0.4, 0.5) is 11.4 Å². The topological polar surface area (TPSA) is 74.7 Å². The molecule has 1 unspecified atom stereocenters. The predicted molar refractivity (Wildman–Crippen MR) is 75.1 cm³/mol. The van der Waals surface area contributed by atoms with Crippen LogP contribution in [0.1, 0.15) is 19.8 Å². The Morgan fingerprint density at radius 2 is 2.26 bits per heavy atom. The lowest BCUT2D eigenvalue weighted by Crippen LogP contribution is -2.20. The maximum absolute atomic E-state index is 10.6. The Morgan fingerprint density at radius 1 is 1.58 bits per heavy atom. The number of aliphatic carboxylic acids is 1. The van der Waals surface area contributed by atoms with Gasteiger partial charge in [-0.2, -0.15) is 0 Å². The molecule has 0 radical (unpaired) electrons. The molecule has 0 fully saturated rings. The van der Waals surface area contributed by atoms with E-state index >= 15 is 0 Å². The van der Waals surface area contributed by atoms with Gasteiger partial charge < -0.3 is 20.1 Å². The van der Waals surface area contributed by atoms with Gasteiger partial charge in [0.05, 0.1) is 12.8 Å². The second-order valence-electron chi connectivity index (χ2n) is 4.59. The van der Waals surface area contributed by atoms with Crippen molar-refractivity contribution in [3.63, 3.8) is 0 Å². The van der Waals surface area contributed by atoms with Gasteiger partial charge in [0.25, 0.3) is 0 Å². The smallest absolute Gasteiger partial charge is 0.303 e. The van der Waals surface area contributed by atoms with E-state index in [0.717, 1.165) is 11.4 Å². The van der Waals surface area contributed by atoms with Crippen molar-refractivity contribution < 1.29 is 14.6 Å². The van der Waals surface area contributed by atoms with Gasteiger partial charge in [-0.1, -0.05) is 0 Å². The molecule has 1 atom stereocenters. The molecule has 6 nitrogen and oxygen atoms in total. The fourth-order valence-corrected chi connectivity index (χ4v) is 1.75. The third-order valence-electron chi connectivity index (χ3n) is 2.75. The van der Waals surface area contributed by atoms with Crippen LogP contribution in [0, 0.1) is 0 Å². The number of aromatic nitrogens is 1. The van der Waals surface area contributed by atoms with Crippen LogP contribution in [-0.4, -0.2) is 43.3 Å². The predicted octanol–water partition coefficient (Wildman–Crippen LogP) is 1.82. The van der Waals surface area contributed by atoms with E-state index in [0.29, 0.717) is 12.3 Å². The van der Waals surface area contributed by atoms with E-state index in [2.05, 4.69) is 10.3 Å². The van der Waals surface area contributed by atoms with Crippen LogP contribution in [0.2, 0.25) is 0 Å². The summed E-state index contributed by atoms with van der Waals surface area (Å²) in [5.41, 5.74) is 1.74. The molecule has 1 rings (SSSR count). The number of rotatable bonds is 7. The van der Waals surface area contributed by atoms with E-state index < -0.39 is 5.97 Å². The summed E-state index contributed by atoms with van der Waals surface area (Å²) < 4.78 is 5.25. The van der Waals surface area contributed by atoms with Crippen molar-refractivity contribution in [2.45, 2.75) is 25.8 Å². The molecule has 0 aliphatic heterocycles. The number of methoxy groups -OCH3 is 1. The highest BCUT2D eigenvalue weighted by atomic mass is 16.5. The lowest BCUT2D eigenvalue weighted by atomic mass is 10.1. The summed E-state index contributed by atoms with van der Waals surface area (Å²) in [6.45, 7) is 1.94. The van der Waals surface area contributed by atoms with Crippen LogP contribution < -0.4 is 15.0 Å². The SMILES string of the molecule is COc1nccc(N(C)C)c1NC(C)CCC(=O)O. The van der Waals surface area contributed by atoms with E-state index in [-0.39, 0.29) is 12.5 Å². The minimum Gasteiger partial charge on any atom is -0.481 e. The third-order valence-corrected chi connectivity index (χ3v) is 2.75. The molecular weight excluding hydrogens is 246 g/mol. The summed E-state index contributed by atoms with van der Waals surface area (Å²) in [7, 11) is 5.43. The zero-order chi connectivity index (χ0) is 14.4. The highest BCUT2D eigenvalue weighted by Gasteiger charge is 2.15. The van der Waals surface area contributed by atoms with E-state index in [9.17, 15) is 4.79 Å². The van der Waals surface area contributed by atoms with E-state index in [1.54, 1.807) is 13.3 Å². The molecule has 0 aliphatic carbocycles. The molecule has 1 heterocycles. The fourth-order valence-electron chi connectivity index (χ4n) is 1.75. The third kappa shape index (κ3) is 4.31. The lowest BCUT2D eigenvalue weighted by Gasteiger charge is -2.22. The van der Waals surface area contributed by atoms with E-state index in [1.807, 2.05) is 32.0 Å². The number of hydrogen-bond acceptors (Lipinski definition) is 5. The molecule has 0 aromatic carbocycles. The summed E-state index contributed by atoms with van der Waals surface area (Å²) >= 11 is 0. The molecule has 106 valence electrons. The maximum Gasteiger partial charge on any atom is 0.303 e. The highest BCUT2D eigenvalue weighted by Crippen LogP contribution is 2.32. The Labute approximate surface area is 113 Å². The van der Waals surface area contributed by atoms with Crippen molar-refractivity contribution >= 4 is 17.3 Å². The molecule has 6 heteroatoms. The Kier molecular flexibility index (Phi) is 5.41. The molecule has 0 spiro atoms. The van der Waals surface area contributed by atoms with Crippen molar-refractivity contribution in [3.05, 3.63) is 12.3 Å². The molecule has 0 saturated heterocycles. The van der Waals surface area contributed by atoms with Crippen LogP contribution in [0.3, 0.4) is 0 Å². The van der Waals surface area contributed by atoms with Crippen molar-refractivity contribution in [3.8, 4) is 5.88 Å². The maximum atomic E-state index is 10.6. The zero-order valence-electron chi connectivity index (χ0n) is 11.8. The van der Waals surface area contributed by atoms with Crippen molar-refractivity contribution in [1.82, 2.24) is 4.98 Å². The Hall–Kier alpha value is -1.98. The number of pyridine rings is 1. The van der Waals surface area contributed by atoms with Gasteiger partial charge in [-0.3, -0.25) is 4.79 Å².